The Morgan fingerprint density at radius 3 is 2.52 bits per heavy atom. The lowest BCUT2D eigenvalue weighted by atomic mass is 9.88. The zero-order valence-electron chi connectivity index (χ0n) is 15.3. The van der Waals surface area contributed by atoms with Gasteiger partial charge in [-0.25, -0.2) is 4.98 Å². The molecule has 1 saturated carbocycles. The lowest BCUT2D eigenvalue weighted by Crippen LogP contribution is -2.43. The first kappa shape index (κ1) is 17.9. The number of nitrogens with one attached hydrogen (secondary N) is 1. The summed E-state index contributed by atoms with van der Waals surface area (Å²) in [5.41, 5.74) is 0.891. The minimum atomic E-state index is -0.410. The molecule has 1 amide bonds. The molecular weight excluding hydrogens is 342 g/mol. The van der Waals surface area contributed by atoms with Gasteiger partial charge in [-0.1, -0.05) is 30.3 Å². The van der Waals surface area contributed by atoms with E-state index in [0.29, 0.717) is 31.3 Å². The van der Waals surface area contributed by atoms with Crippen molar-refractivity contribution in [1.29, 1.82) is 0 Å². The molecule has 2 aromatic rings. The third kappa shape index (κ3) is 4.11. The predicted octanol–water partition coefficient (Wildman–Crippen LogP) is 2.10. The highest BCUT2D eigenvalue weighted by atomic mass is 16.3. The lowest BCUT2D eigenvalue weighted by Gasteiger charge is -2.34. The SMILES string of the molecule is O=C(c1cnc(C2CC2)[nH]c1=O)N1CCC([C@@H](O)Cc2ccccc2)CC1. The summed E-state index contributed by atoms with van der Waals surface area (Å²) < 4.78 is 0. The lowest BCUT2D eigenvalue weighted by molar-refractivity contribution is 0.0466. The van der Waals surface area contributed by atoms with Gasteiger partial charge >= 0.3 is 0 Å². The van der Waals surface area contributed by atoms with Gasteiger partial charge in [0.05, 0.1) is 6.10 Å². The summed E-state index contributed by atoms with van der Waals surface area (Å²) in [5, 5.41) is 10.5. The molecule has 1 aliphatic heterocycles. The normalized spacial score (nSPS) is 19.1. The van der Waals surface area contributed by atoms with Crippen LogP contribution in [-0.2, 0) is 6.42 Å². The number of carbonyl (C=O) groups is 1. The maximum Gasteiger partial charge on any atom is 0.263 e. The molecule has 1 atom stereocenters. The Kier molecular flexibility index (Phi) is 5.07. The van der Waals surface area contributed by atoms with Gasteiger partial charge in [0.25, 0.3) is 11.5 Å². The summed E-state index contributed by atoms with van der Waals surface area (Å²) in [7, 11) is 0. The van der Waals surface area contributed by atoms with E-state index in [-0.39, 0.29) is 22.9 Å². The Bertz CT molecular complexity index is 852. The van der Waals surface area contributed by atoms with Gasteiger partial charge in [-0.2, -0.15) is 0 Å². The number of hydrogen-bond acceptors (Lipinski definition) is 4. The van der Waals surface area contributed by atoms with Crippen molar-refractivity contribution in [3.05, 3.63) is 63.8 Å². The van der Waals surface area contributed by atoms with E-state index in [1.165, 1.54) is 6.20 Å². The Morgan fingerprint density at radius 2 is 1.89 bits per heavy atom. The first-order valence-corrected chi connectivity index (χ1v) is 9.72. The second-order valence-corrected chi connectivity index (χ2v) is 7.67. The average molecular weight is 367 g/mol. The molecule has 1 saturated heterocycles. The first-order chi connectivity index (χ1) is 13.1. The number of carbonyl (C=O) groups excluding carboxylic acids is 1. The molecule has 27 heavy (non-hydrogen) atoms. The van der Waals surface area contributed by atoms with Crippen LogP contribution in [0.1, 0.15) is 53.3 Å². The van der Waals surface area contributed by atoms with E-state index >= 15 is 0 Å². The highest BCUT2D eigenvalue weighted by molar-refractivity contribution is 5.93. The molecular formula is C21H25N3O3. The second-order valence-electron chi connectivity index (χ2n) is 7.67. The van der Waals surface area contributed by atoms with Gasteiger partial charge in [0, 0.05) is 25.2 Å². The maximum absolute atomic E-state index is 12.7. The molecule has 1 aromatic heterocycles. The van der Waals surface area contributed by atoms with E-state index in [1.54, 1.807) is 4.90 Å². The van der Waals surface area contributed by atoms with Crippen molar-refractivity contribution in [3.63, 3.8) is 0 Å². The number of nitrogens with zero attached hydrogens (tertiary/aromatic N) is 2. The highest BCUT2D eigenvalue weighted by Gasteiger charge is 2.30. The van der Waals surface area contributed by atoms with Gasteiger partial charge in [0.2, 0.25) is 0 Å². The van der Waals surface area contributed by atoms with Crippen LogP contribution in [0, 0.1) is 5.92 Å². The van der Waals surface area contributed by atoms with Crippen molar-refractivity contribution < 1.29 is 9.90 Å². The molecule has 1 aromatic carbocycles. The smallest absolute Gasteiger partial charge is 0.263 e. The van der Waals surface area contributed by atoms with Gasteiger partial charge in [0.1, 0.15) is 11.4 Å². The average Bonchev–Trinajstić information content (AvgIpc) is 3.54. The summed E-state index contributed by atoms with van der Waals surface area (Å²) >= 11 is 0. The Morgan fingerprint density at radius 1 is 1.19 bits per heavy atom. The molecule has 0 unspecified atom stereocenters. The fourth-order valence-corrected chi connectivity index (χ4v) is 3.81. The van der Waals surface area contributed by atoms with E-state index in [2.05, 4.69) is 9.97 Å². The number of aromatic nitrogens is 2. The van der Waals surface area contributed by atoms with Gasteiger partial charge in [-0.15, -0.1) is 0 Å². The number of benzene rings is 1. The van der Waals surface area contributed by atoms with Crippen molar-refractivity contribution in [2.24, 2.45) is 5.92 Å². The molecule has 0 spiro atoms. The molecule has 4 rings (SSSR count). The largest absolute Gasteiger partial charge is 0.392 e. The zero-order valence-corrected chi connectivity index (χ0v) is 15.3. The third-order valence-corrected chi connectivity index (χ3v) is 5.67. The molecule has 2 heterocycles. The molecule has 6 nitrogen and oxygen atoms in total. The molecule has 1 aliphatic carbocycles. The van der Waals surface area contributed by atoms with Crippen LogP contribution < -0.4 is 5.56 Å². The molecule has 0 bridgehead atoms. The van der Waals surface area contributed by atoms with E-state index < -0.39 is 6.10 Å². The van der Waals surface area contributed by atoms with Crippen molar-refractivity contribution in [2.45, 2.75) is 44.1 Å². The van der Waals surface area contributed by atoms with Gasteiger partial charge in [-0.05, 0) is 43.6 Å². The van der Waals surface area contributed by atoms with Crippen LogP contribution in [0.15, 0.2) is 41.3 Å². The molecule has 2 aliphatic rings. The van der Waals surface area contributed by atoms with Crippen molar-refractivity contribution in [1.82, 2.24) is 14.9 Å². The summed E-state index contributed by atoms with van der Waals surface area (Å²) in [6, 6.07) is 9.96. The van der Waals surface area contributed by atoms with Crippen molar-refractivity contribution in [3.8, 4) is 0 Å². The van der Waals surface area contributed by atoms with E-state index in [1.807, 2.05) is 30.3 Å². The number of H-pyrrole nitrogens is 1. The van der Waals surface area contributed by atoms with Crippen LogP contribution in [0.4, 0.5) is 0 Å². The summed E-state index contributed by atoms with van der Waals surface area (Å²) in [6.45, 7) is 1.11. The molecule has 6 heteroatoms. The van der Waals surface area contributed by atoms with Gasteiger partial charge in [-0.3, -0.25) is 9.59 Å². The highest BCUT2D eigenvalue weighted by Crippen LogP contribution is 2.37. The number of amides is 1. The maximum atomic E-state index is 12.7. The summed E-state index contributed by atoms with van der Waals surface area (Å²) in [5.74, 6) is 0.952. The number of aromatic amines is 1. The van der Waals surface area contributed by atoms with Crippen molar-refractivity contribution >= 4 is 5.91 Å². The fourth-order valence-electron chi connectivity index (χ4n) is 3.81. The number of aliphatic hydroxyl groups excluding tert-OH is 1. The topological polar surface area (TPSA) is 86.3 Å². The molecule has 0 radical (unpaired) electrons. The number of rotatable bonds is 5. The standard InChI is InChI=1S/C21H25N3O3/c25-18(12-14-4-2-1-3-5-14)15-8-10-24(11-9-15)21(27)17-13-22-19(16-6-7-16)23-20(17)26/h1-5,13,15-16,18,25H,6-12H2,(H,22,23,26)/t18-/m0/s1. The Hall–Kier alpha value is -2.47. The minimum Gasteiger partial charge on any atom is -0.392 e. The van der Waals surface area contributed by atoms with E-state index in [0.717, 1.165) is 31.2 Å². The van der Waals surface area contributed by atoms with Crippen molar-refractivity contribution in [2.75, 3.05) is 13.1 Å². The Labute approximate surface area is 158 Å². The van der Waals surface area contributed by atoms with Crippen LogP contribution in [0.2, 0.25) is 0 Å². The predicted molar refractivity (Wildman–Crippen MR) is 102 cm³/mol. The van der Waals surface area contributed by atoms with Crippen LogP contribution in [0.5, 0.6) is 0 Å². The van der Waals surface area contributed by atoms with Crippen LogP contribution in [-0.4, -0.2) is 45.1 Å². The second kappa shape index (κ2) is 7.64. The van der Waals surface area contributed by atoms with Crippen LogP contribution >= 0.6 is 0 Å². The quantitative estimate of drug-likeness (QED) is 0.847. The zero-order chi connectivity index (χ0) is 18.8. The summed E-state index contributed by atoms with van der Waals surface area (Å²) in [6.07, 6.45) is 5.23. The third-order valence-electron chi connectivity index (χ3n) is 5.67. The van der Waals surface area contributed by atoms with Crippen LogP contribution in [0.25, 0.3) is 0 Å². The molecule has 2 fully saturated rings. The first-order valence-electron chi connectivity index (χ1n) is 9.72. The Balaban J connectivity index is 1.34. The number of likely N-dealkylation sites (tertiary alicyclic amines) is 1. The number of hydrogen-bond donors (Lipinski definition) is 2. The van der Waals surface area contributed by atoms with E-state index in [9.17, 15) is 14.7 Å². The molecule has 142 valence electrons. The minimum absolute atomic E-state index is 0.114. The molecule has 2 N–H and O–H groups in total. The monoisotopic (exact) mass is 367 g/mol. The number of aliphatic hydroxyl groups is 1. The number of piperidine rings is 1. The van der Waals surface area contributed by atoms with E-state index in [4.69, 9.17) is 0 Å². The van der Waals surface area contributed by atoms with Crippen LogP contribution in [0.3, 0.4) is 0 Å². The van der Waals surface area contributed by atoms with Gasteiger partial charge in [0.15, 0.2) is 0 Å². The fraction of sp³-hybridized carbons (Fsp3) is 0.476. The summed E-state index contributed by atoms with van der Waals surface area (Å²) in [4.78, 5) is 33.7. The van der Waals surface area contributed by atoms with Gasteiger partial charge < -0.3 is 15.0 Å².